The van der Waals surface area contributed by atoms with E-state index in [2.05, 4.69) is 4.98 Å². The van der Waals surface area contributed by atoms with Crippen LogP contribution in [0.4, 0.5) is 13.2 Å². The van der Waals surface area contributed by atoms with Gasteiger partial charge < -0.3 is 5.73 Å². The molecule has 1 heterocycles. The summed E-state index contributed by atoms with van der Waals surface area (Å²) in [5.74, 6) is 0. The van der Waals surface area contributed by atoms with Crippen LogP contribution < -0.4 is 5.73 Å². The molecule has 0 aliphatic rings. The molecular weight excluding hydrogens is 289 g/mol. The molecule has 0 aliphatic heterocycles. The van der Waals surface area contributed by atoms with Gasteiger partial charge in [0.2, 0.25) is 0 Å². The number of rotatable bonds is 2. The van der Waals surface area contributed by atoms with Gasteiger partial charge in [-0.05, 0) is 35.4 Å². The molecule has 0 amide bonds. The van der Waals surface area contributed by atoms with Gasteiger partial charge in [-0.3, -0.25) is 4.98 Å². The molecule has 112 valence electrons. The number of aromatic nitrogens is 1. The number of pyridine rings is 1. The lowest BCUT2D eigenvalue weighted by atomic mass is 9.99. The summed E-state index contributed by atoms with van der Waals surface area (Å²) >= 11 is 0. The van der Waals surface area contributed by atoms with Crippen molar-refractivity contribution in [2.24, 2.45) is 5.73 Å². The first-order chi connectivity index (χ1) is 10.5. The third kappa shape index (κ3) is 2.67. The zero-order valence-electron chi connectivity index (χ0n) is 11.6. The van der Waals surface area contributed by atoms with E-state index < -0.39 is 11.7 Å². The first kappa shape index (κ1) is 14.5. The SMILES string of the molecule is NCc1ccc2ncc(-c3ccccc3C(F)(F)F)cc2c1. The van der Waals surface area contributed by atoms with E-state index in [1.165, 1.54) is 18.3 Å². The maximum absolute atomic E-state index is 13.1. The summed E-state index contributed by atoms with van der Waals surface area (Å²) < 4.78 is 39.4. The molecule has 0 atom stereocenters. The van der Waals surface area contributed by atoms with Crippen LogP contribution >= 0.6 is 0 Å². The topological polar surface area (TPSA) is 38.9 Å². The van der Waals surface area contributed by atoms with Gasteiger partial charge in [0.25, 0.3) is 0 Å². The van der Waals surface area contributed by atoms with Crippen molar-refractivity contribution >= 4 is 10.9 Å². The van der Waals surface area contributed by atoms with Crippen molar-refractivity contribution in [3.8, 4) is 11.1 Å². The Balaban J connectivity index is 2.19. The van der Waals surface area contributed by atoms with Crippen LogP contribution in [0.2, 0.25) is 0 Å². The standard InChI is InChI=1S/C17H13F3N2/c18-17(19,20)15-4-2-1-3-14(15)13-8-12-7-11(9-21)5-6-16(12)22-10-13/h1-8,10H,9,21H2. The average Bonchev–Trinajstić information content (AvgIpc) is 2.53. The van der Waals surface area contributed by atoms with E-state index in [9.17, 15) is 13.2 Å². The molecule has 0 saturated heterocycles. The van der Waals surface area contributed by atoms with Crippen molar-refractivity contribution in [1.82, 2.24) is 4.98 Å². The van der Waals surface area contributed by atoms with Crippen molar-refractivity contribution in [3.63, 3.8) is 0 Å². The Morgan fingerprint density at radius 3 is 2.50 bits per heavy atom. The highest BCUT2D eigenvalue weighted by atomic mass is 19.4. The number of nitrogens with two attached hydrogens (primary N) is 1. The van der Waals surface area contributed by atoms with E-state index in [0.29, 0.717) is 12.1 Å². The number of fused-ring (bicyclic) bond motifs is 1. The number of hydrogen-bond acceptors (Lipinski definition) is 2. The van der Waals surface area contributed by atoms with Gasteiger partial charge in [0, 0.05) is 23.7 Å². The van der Waals surface area contributed by atoms with Crippen LogP contribution in [-0.4, -0.2) is 4.98 Å². The second-order valence-corrected chi connectivity index (χ2v) is 5.00. The van der Waals surface area contributed by atoms with Crippen LogP contribution in [0.15, 0.2) is 54.7 Å². The predicted octanol–water partition coefficient (Wildman–Crippen LogP) is 4.38. The van der Waals surface area contributed by atoms with Gasteiger partial charge >= 0.3 is 6.18 Å². The molecule has 0 bridgehead atoms. The second kappa shape index (κ2) is 5.42. The van der Waals surface area contributed by atoms with Crippen molar-refractivity contribution in [2.45, 2.75) is 12.7 Å². The minimum atomic E-state index is -4.40. The lowest BCUT2D eigenvalue weighted by Gasteiger charge is -2.13. The zero-order valence-corrected chi connectivity index (χ0v) is 11.6. The molecule has 3 aromatic rings. The van der Waals surface area contributed by atoms with Crippen molar-refractivity contribution in [2.75, 3.05) is 0 Å². The molecule has 22 heavy (non-hydrogen) atoms. The van der Waals surface area contributed by atoms with E-state index in [1.54, 1.807) is 12.1 Å². The fraction of sp³-hybridized carbons (Fsp3) is 0.118. The Hall–Kier alpha value is -2.40. The molecule has 0 radical (unpaired) electrons. The van der Waals surface area contributed by atoms with E-state index in [-0.39, 0.29) is 5.56 Å². The summed E-state index contributed by atoms with van der Waals surface area (Å²) in [7, 11) is 0. The fourth-order valence-corrected chi connectivity index (χ4v) is 2.44. The van der Waals surface area contributed by atoms with E-state index >= 15 is 0 Å². The maximum atomic E-state index is 13.1. The second-order valence-electron chi connectivity index (χ2n) is 5.00. The molecular formula is C17H13F3N2. The van der Waals surface area contributed by atoms with Crippen LogP contribution in [-0.2, 0) is 12.7 Å². The predicted molar refractivity (Wildman–Crippen MR) is 80.1 cm³/mol. The fourth-order valence-electron chi connectivity index (χ4n) is 2.44. The van der Waals surface area contributed by atoms with E-state index in [0.717, 1.165) is 22.5 Å². The lowest BCUT2D eigenvalue weighted by Crippen LogP contribution is -2.06. The molecule has 0 fully saturated rings. The summed E-state index contributed by atoms with van der Waals surface area (Å²) in [5, 5.41) is 0.775. The molecule has 2 N–H and O–H groups in total. The average molecular weight is 302 g/mol. The highest BCUT2D eigenvalue weighted by Gasteiger charge is 2.33. The Bertz CT molecular complexity index is 825. The minimum Gasteiger partial charge on any atom is -0.326 e. The summed E-state index contributed by atoms with van der Waals surface area (Å²) in [6, 6.07) is 12.7. The molecule has 3 rings (SSSR count). The van der Waals surface area contributed by atoms with E-state index in [4.69, 9.17) is 5.73 Å². The normalized spacial score (nSPS) is 11.8. The summed E-state index contributed by atoms with van der Waals surface area (Å²) in [6.45, 7) is 0.374. The van der Waals surface area contributed by atoms with Crippen LogP contribution in [0.5, 0.6) is 0 Å². The highest BCUT2D eigenvalue weighted by Crippen LogP contribution is 2.37. The monoisotopic (exact) mass is 302 g/mol. The first-order valence-electron chi connectivity index (χ1n) is 6.74. The van der Waals surface area contributed by atoms with E-state index in [1.807, 2.05) is 18.2 Å². The summed E-state index contributed by atoms with van der Waals surface area (Å²) in [6.07, 6.45) is -2.93. The number of benzene rings is 2. The Labute approximate surface area is 125 Å². The molecule has 5 heteroatoms. The van der Waals surface area contributed by atoms with Gasteiger partial charge in [0.15, 0.2) is 0 Å². The van der Waals surface area contributed by atoms with Gasteiger partial charge in [-0.15, -0.1) is 0 Å². The Morgan fingerprint density at radius 1 is 1.00 bits per heavy atom. The van der Waals surface area contributed by atoms with Crippen LogP contribution in [0.3, 0.4) is 0 Å². The molecule has 0 unspecified atom stereocenters. The Morgan fingerprint density at radius 2 is 1.77 bits per heavy atom. The summed E-state index contributed by atoms with van der Waals surface area (Å²) in [5.41, 5.74) is 7.15. The van der Waals surface area contributed by atoms with Gasteiger partial charge in [0.05, 0.1) is 11.1 Å². The third-order valence-electron chi connectivity index (χ3n) is 3.52. The Kier molecular flexibility index (Phi) is 3.58. The maximum Gasteiger partial charge on any atom is 0.417 e. The minimum absolute atomic E-state index is 0.127. The van der Waals surface area contributed by atoms with Crippen molar-refractivity contribution in [3.05, 3.63) is 65.9 Å². The van der Waals surface area contributed by atoms with Gasteiger partial charge in [-0.25, -0.2) is 0 Å². The molecule has 2 aromatic carbocycles. The van der Waals surface area contributed by atoms with Crippen molar-refractivity contribution in [1.29, 1.82) is 0 Å². The lowest BCUT2D eigenvalue weighted by molar-refractivity contribution is -0.137. The highest BCUT2D eigenvalue weighted by molar-refractivity contribution is 5.84. The van der Waals surface area contributed by atoms with Crippen LogP contribution in [0.1, 0.15) is 11.1 Å². The molecule has 0 aliphatic carbocycles. The van der Waals surface area contributed by atoms with Gasteiger partial charge in [-0.1, -0.05) is 24.3 Å². The quantitative estimate of drug-likeness (QED) is 0.763. The smallest absolute Gasteiger partial charge is 0.326 e. The van der Waals surface area contributed by atoms with Crippen LogP contribution in [0, 0.1) is 0 Å². The first-order valence-corrected chi connectivity index (χ1v) is 6.74. The number of hydrogen-bond donors (Lipinski definition) is 1. The number of halogens is 3. The van der Waals surface area contributed by atoms with Gasteiger partial charge in [0.1, 0.15) is 0 Å². The molecule has 0 saturated carbocycles. The third-order valence-corrected chi connectivity index (χ3v) is 3.52. The number of nitrogens with zero attached hydrogens (tertiary/aromatic N) is 1. The zero-order chi connectivity index (χ0) is 15.7. The van der Waals surface area contributed by atoms with Gasteiger partial charge in [-0.2, -0.15) is 13.2 Å². The molecule has 1 aromatic heterocycles. The summed E-state index contributed by atoms with van der Waals surface area (Å²) in [4.78, 5) is 4.25. The van der Waals surface area contributed by atoms with Crippen LogP contribution in [0.25, 0.3) is 22.0 Å². The van der Waals surface area contributed by atoms with Crippen molar-refractivity contribution < 1.29 is 13.2 Å². The largest absolute Gasteiger partial charge is 0.417 e. The molecule has 2 nitrogen and oxygen atoms in total. The number of alkyl halides is 3. The molecule has 0 spiro atoms.